The van der Waals surface area contributed by atoms with Gasteiger partial charge in [0.25, 0.3) is 5.91 Å². The van der Waals surface area contributed by atoms with Crippen molar-refractivity contribution in [3.05, 3.63) is 23.8 Å². The molecule has 6 nitrogen and oxygen atoms in total. The first-order valence-electron chi connectivity index (χ1n) is 11.1. The molecule has 1 saturated carbocycles. The summed E-state index contributed by atoms with van der Waals surface area (Å²) in [5, 5.41) is 11.5. The molecule has 0 radical (unpaired) electrons. The number of rotatable bonds is 5. The number of benzene rings is 1. The van der Waals surface area contributed by atoms with Gasteiger partial charge >= 0.3 is 0 Å². The number of ether oxygens (including phenoxy) is 2. The number of piperidine rings is 1. The van der Waals surface area contributed by atoms with Crippen molar-refractivity contribution in [2.75, 3.05) is 40.4 Å². The molecule has 0 aromatic heterocycles. The van der Waals surface area contributed by atoms with Gasteiger partial charge < -0.3 is 24.4 Å². The third-order valence-corrected chi connectivity index (χ3v) is 7.40. The lowest BCUT2D eigenvalue weighted by Gasteiger charge is -2.50. The van der Waals surface area contributed by atoms with Gasteiger partial charge in [0, 0.05) is 25.4 Å². The van der Waals surface area contributed by atoms with E-state index in [4.69, 9.17) is 9.47 Å². The van der Waals surface area contributed by atoms with Gasteiger partial charge in [0.05, 0.1) is 31.9 Å². The number of nitrogens with zero attached hydrogens (tertiary/aromatic N) is 1. The van der Waals surface area contributed by atoms with Gasteiger partial charge in [-0.2, -0.15) is 0 Å². The lowest BCUT2D eigenvalue weighted by molar-refractivity contribution is -0.938. The Morgan fingerprint density at radius 1 is 1.17 bits per heavy atom. The Kier molecular flexibility index (Phi) is 6.02. The molecule has 2 heterocycles. The molecule has 160 valence electrons. The summed E-state index contributed by atoms with van der Waals surface area (Å²) in [5.41, 5.74) is 0.415. The molecule has 1 amide bonds. The minimum absolute atomic E-state index is 0.0330. The minimum atomic E-state index is -0.642. The van der Waals surface area contributed by atoms with Gasteiger partial charge in [-0.1, -0.05) is 12.8 Å². The van der Waals surface area contributed by atoms with E-state index < -0.39 is 5.60 Å². The molecular weight excluding hydrogens is 368 g/mol. The topological polar surface area (TPSA) is 63.4 Å². The molecule has 1 aromatic carbocycles. The van der Waals surface area contributed by atoms with Crippen LogP contribution in [0, 0.1) is 5.92 Å². The summed E-state index contributed by atoms with van der Waals surface area (Å²) >= 11 is 0. The second kappa shape index (κ2) is 8.52. The number of carbonyl (C=O) groups is 1. The monoisotopic (exact) mass is 403 g/mol. The normalized spacial score (nSPS) is 32.0. The van der Waals surface area contributed by atoms with Gasteiger partial charge in [-0.15, -0.1) is 0 Å². The maximum atomic E-state index is 13.0. The molecule has 4 atom stereocenters. The molecule has 29 heavy (non-hydrogen) atoms. The Balaban J connectivity index is 1.69. The first-order valence-corrected chi connectivity index (χ1v) is 11.1. The van der Waals surface area contributed by atoms with Crippen LogP contribution >= 0.6 is 0 Å². The average molecular weight is 404 g/mol. The van der Waals surface area contributed by atoms with Crippen LogP contribution in [0.4, 0.5) is 0 Å². The smallest absolute Gasteiger partial charge is 0.277 e. The summed E-state index contributed by atoms with van der Waals surface area (Å²) in [6.45, 7) is 3.05. The van der Waals surface area contributed by atoms with E-state index in [2.05, 4.69) is 0 Å². The van der Waals surface area contributed by atoms with Gasteiger partial charge in [-0.25, -0.2) is 0 Å². The van der Waals surface area contributed by atoms with E-state index in [1.165, 1.54) is 4.90 Å². The van der Waals surface area contributed by atoms with E-state index in [9.17, 15) is 9.90 Å². The van der Waals surface area contributed by atoms with Gasteiger partial charge in [-0.05, 0) is 43.9 Å². The van der Waals surface area contributed by atoms with E-state index in [0.717, 1.165) is 81.6 Å². The van der Waals surface area contributed by atoms with Crippen molar-refractivity contribution >= 4 is 5.91 Å². The summed E-state index contributed by atoms with van der Waals surface area (Å²) in [7, 11) is 3.36. The third-order valence-electron chi connectivity index (χ3n) is 7.40. The highest BCUT2D eigenvalue weighted by Crippen LogP contribution is 2.46. The van der Waals surface area contributed by atoms with Crippen LogP contribution in [0.3, 0.4) is 0 Å². The molecule has 2 aliphatic heterocycles. The Morgan fingerprint density at radius 2 is 1.97 bits per heavy atom. The van der Waals surface area contributed by atoms with Crippen molar-refractivity contribution in [1.29, 1.82) is 0 Å². The number of fused-ring (bicyclic) bond motifs is 1. The molecular formula is C23H35N2O4+. The van der Waals surface area contributed by atoms with Gasteiger partial charge in [0.2, 0.25) is 0 Å². The fourth-order valence-electron chi connectivity index (χ4n) is 5.84. The molecule has 1 aromatic rings. The zero-order chi connectivity index (χ0) is 20.4. The summed E-state index contributed by atoms with van der Waals surface area (Å²) in [4.78, 5) is 16.3. The number of methoxy groups -OCH3 is 2. The van der Waals surface area contributed by atoms with E-state index >= 15 is 0 Å². The van der Waals surface area contributed by atoms with E-state index in [0.29, 0.717) is 6.54 Å². The number of carbonyl (C=O) groups excluding carboxylic acids is 1. The largest absolute Gasteiger partial charge is 0.497 e. The van der Waals surface area contributed by atoms with Crippen LogP contribution in [-0.4, -0.2) is 61.9 Å². The fourth-order valence-corrected chi connectivity index (χ4v) is 5.84. The number of hydrogen-bond acceptors (Lipinski definition) is 4. The molecule has 3 fully saturated rings. The molecule has 3 aliphatic rings. The first-order chi connectivity index (χ1) is 14.1. The lowest BCUT2D eigenvalue weighted by Crippen LogP contribution is -3.16. The van der Waals surface area contributed by atoms with Crippen LogP contribution in [0.5, 0.6) is 11.5 Å². The molecule has 0 bridgehead atoms. The summed E-state index contributed by atoms with van der Waals surface area (Å²) in [6.07, 6.45) is 7.03. The van der Waals surface area contributed by atoms with E-state index in [-0.39, 0.29) is 17.9 Å². The number of aliphatic hydroxyl groups is 1. The Bertz CT molecular complexity index is 734. The fraction of sp³-hybridized carbons (Fsp3) is 0.696. The zero-order valence-electron chi connectivity index (χ0n) is 17.8. The van der Waals surface area contributed by atoms with Crippen LogP contribution in [0.25, 0.3) is 0 Å². The predicted molar refractivity (Wildman–Crippen MR) is 110 cm³/mol. The van der Waals surface area contributed by atoms with Crippen molar-refractivity contribution in [2.45, 2.75) is 56.6 Å². The first kappa shape index (κ1) is 20.5. The zero-order valence-corrected chi connectivity index (χ0v) is 17.8. The van der Waals surface area contributed by atoms with Gasteiger partial charge in [0.1, 0.15) is 17.5 Å². The summed E-state index contributed by atoms with van der Waals surface area (Å²) in [6, 6.07) is 5.94. The Labute approximate surface area is 173 Å². The van der Waals surface area contributed by atoms with E-state index in [1.807, 2.05) is 23.1 Å². The number of nitrogens with one attached hydrogen (secondary N) is 1. The molecule has 0 spiro atoms. The van der Waals surface area contributed by atoms with Crippen LogP contribution in [0.1, 0.15) is 56.6 Å². The van der Waals surface area contributed by atoms with Gasteiger partial charge in [-0.3, -0.25) is 4.79 Å². The van der Waals surface area contributed by atoms with Crippen LogP contribution in [0.15, 0.2) is 18.2 Å². The molecule has 6 heteroatoms. The average Bonchev–Trinajstić information content (AvgIpc) is 3.28. The second-order valence-electron chi connectivity index (χ2n) is 8.96. The number of hydrogen-bond donors (Lipinski definition) is 2. The standard InChI is InChI=1S/C23H34N2O4/c1-28-17-8-9-20(29-2)18(15-17)22-19-7-3-4-10-23(19,27)11-14-25(22)16-21(26)24-12-5-6-13-24/h8-9,15,19,22,27H,3-7,10-14,16H2,1-2H3/p+1/t19-,22+,23+/m0/s1. The highest BCUT2D eigenvalue weighted by Gasteiger charge is 2.52. The van der Waals surface area contributed by atoms with Crippen LogP contribution < -0.4 is 14.4 Å². The van der Waals surface area contributed by atoms with Gasteiger partial charge in [0.15, 0.2) is 6.54 Å². The predicted octanol–water partition coefficient (Wildman–Crippen LogP) is 1.58. The number of quaternary nitrogens is 1. The van der Waals surface area contributed by atoms with Crippen molar-refractivity contribution in [3.8, 4) is 11.5 Å². The highest BCUT2D eigenvalue weighted by molar-refractivity contribution is 5.77. The molecule has 1 aliphatic carbocycles. The lowest BCUT2D eigenvalue weighted by atomic mass is 9.66. The summed E-state index contributed by atoms with van der Waals surface area (Å²) in [5.74, 6) is 1.98. The Hall–Kier alpha value is -1.79. The van der Waals surface area contributed by atoms with E-state index in [1.54, 1.807) is 14.2 Å². The molecule has 4 rings (SSSR count). The third kappa shape index (κ3) is 3.97. The molecule has 1 unspecified atom stereocenters. The van der Waals surface area contributed by atoms with Crippen molar-refractivity contribution in [1.82, 2.24) is 4.90 Å². The number of likely N-dealkylation sites (tertiary alicyclic amines) is 2. The Morgan fingerprint density at radius 3 is 2.69 bits per heavy atom. The highest BCUT2D eigenvalue weighted by atomic mass is 16.5. The van der Waals surface area contributed by atoms with Crippen molar-refractivity contribution in [2.24, 2.45) is 5.92 Å². The second-order valence-corrected chi connectivity index (χ2v) is 8.96. The van der Waals surface area contributed by atoms with Crippen LogP contribution in [0.2, 0.25) is 0 Å². The minimum Gasteiger partial charge on any atom is -0.497 e. The van der Waals surface area contributed by atoms with Crippen molar-refractivity contribution < 1.29 is 24.3 Å². The SMILES string of the molecule is COc1ccc(OC)c([C@@H]2[C@@H]3CCCC[C@@]3(O)CC[NH+]2CC(=O)N2CCCC2)c1. The maximum absolute atomic E-state index is 13.0. The number of amides is 1. The maximum Gasteiger partial charge on any atom is 0.277 e. The molecule has 2 N–H and O–H groups in total. The quantitative estimate of drug-likeness (QED) is 0.784. The van der Waals surface area contributed by atoms with Crippen molar-refractivity contribution in [3.63, 3.8) is 0 Å². The summed E-state index contributed by atoms with van der Waals surface area (Å²) < 4.78 is 11.2. The molecule has 2 saturated heterocycles. The van der Waals surface area contributed by atoms with Crippen LogP contribution in [-0.2, 0) is 4.79 Å².